The molecule has 0 fully saturated rings. The van der Waals surface area contributed by atoms with Crippen molar-refractivity contribution in [1.29, 1.82) is 0 Å². The highest BCUT2D eigenvalue weighted by atomic mass is 35.5. The molecule has 1 amide bonds. The van der Waals surface area contributed by atoms with Crippen molar-refractivity contribution in [3.05, 3.63) is 83.4 Å². The van der Waals surface area contributed by atoms with Crippen LogP contribution >= 0.6 is 11.6 Å². The van der Waals surface area contributed by atoms with Gasteiger partial charge in [-0.2, -0.15) is 0 Å². The molecule has 0 atom stereocenters. The zero-order chi connectivity index (χ0) is 21.0. The summed E-state index contributed by atoms with van der Waals surface area (Å²) in [4.78, 5) is 12.4. The Balaban J connectivity index is 1.71. The SMILES string of the molecule is CN(C)S(=O)(=O)c1cc(NC(=O)Cc2ccc(-c3ccccc3)cc2)ccc1Cl. The maximum absolute atomic E-state index is 12.4. The lowest BCUT2D eigenvalue weighted by molar-refractivity contribution is -0.115. The molecular formula is C22H21ClN2O3S. The third-order valence-corrected chi connectivity index (χ3v) is 6.70. The zero-order valence-corrected chi connectivity index (χ0v) is 17.7. The fraction of sp³-hybridized carbons (Fsp3) is 0.136. The lowest BCUT2D eigenvalue weighted by atomic mass is 10.0. The van der Waals surface area contributed by atoms with E-state index in [1.54, 1.807) is 6.07 Å². The second kappa shape index (κ2) is 8.78. The maximum Gasteiger partial charge on any atom is 0.244 e. The molecule has 0 aliphatic heterocycles. The number of rotatable bonds is 6. The highest BCUT2D eigenvalue weighted by Gasteiger charge is 2.21. The van der Waals surface area contributed by atoms with Gasteiger partial charge in [-0.3, -0.25) is 4.79 Å². The van der Waals surface area contributed by atoms with Gasteiger partial charge in [0.2, 0.25) is 15.9 Å². The minimum atomic E-state index is -3.71. The summed E-state index contributed by atoms with van der Waals surface area (Å²) in [5.41, 5.74) is 3.42. The molecule has 0 spiro atoms. The Morgan fingerprint density at radius 2 is 1.55 bits per heavy atom. The van der Waals surface area contributed by atoms with Crippen LogP contribution in [0.25, 0.3) is 11.1 Å². The first-order valence-electron chi connectivity index (χ1n) is 8.93. The van der Waals surface area contributed by atoms with Crippen LogP contribution in [0.15, 0.2) is 77.7 Å². The van der Waals surface area contributed by atoms with Crippen molar-refractivity contribution in [2.45, 2.75) is 11.3 Å². The number of carbonyl (C=O) groups is 1. The maximum atomic E-state index is 12.4. The molecule has 3 rings (SSSR count). The lowest BCUT2D eigenvalue weighted by Crippen LogP contribution is -2.23. The summed E-state index contributed by atoms with van der Waals surface area (Å²) >= 11 is 6.04. The topological polar surface area (TPSA) is 66.5 Å². The molecule has 3 aromatic carbocycles. The van der Waals surface area contributed by atoms with Crippen molar-refractivity contribution < 1.29 is 13.2 Å². The van der Waals surface area contributed by atoms with Gasteiger partial charge < -0.3 is 5.32 Å². The molecule has 29 heavy (non-hydrogen) atoms. The number of anilines is 1. The number of benzene rings is 3. The molecule has 0 aromatic heterocycles. The van der Waals surface area contributed by atoms with E-state index in [1.165, 1.54) is 26.2 Å². The summed E-state index contributed by atoms with van der Waals surface area (Å²) in [7, 11) is -0.853. The standard InChI is InChI=1S/C22H21ClN2O3S/c1-25(2)29(27,28)21-15-19(12-13-20(21)23)24-22(26)14-16-8-10-18(11-9-16)17-6-4-3-5-7-17/h3-13,15H,14H2,1-2H3,(H,24,26). The van der Waals surface area contributed by atoms with Crippen molar-refractivity contribution in [1.82, 2.24) is 4.31 Å². The number of hydrogen-bond acceptors (Lipinski definition) is 3. The summed E-state index contributed by atoms with van der Waals surface area (Å²) in [6.07, 6.45) is 0.174. The van der Waals surface area contributed by atoms with Crippen molar-refractivity contribution in [3.8, 4) is 11.1 Å². The quantitative estimate of drug-likeness (QED) is 0.631. The normalized spacial score (nSPS) is 11.4. The van der Waals surface area contributed by atoms with Gasteiger partial charge in [0.1, 0.15) is 4.90 Å². The van der Waals surface area contributed by atoms with Crippen LogP contribution < -0.4 is 5.32 Å². The van der Waals surface area contributed by atoms with Crippen LogP contribution in [0.3, 0.4) is 0 Å². The Morgan fingerprint density at radius 1 is 0.931 bits per heavy atom. The van der Waals surface area contributed by atoms with Crippen molar-refractivity contribution >= 4 is 33.2 Å². The van der Waals surface area contributed by atoms with E-state index in [4.69, 9.17) is 11.6 Å². The van der Waals surface area contributed by atoms with E-state index >= 15 is 0 Å². The van der Waals surface area contributed by atoms with Gasteiger partial charge in [0, 0.05) is 19.8 Å². The number of nitrogens with one attached hydrogen (secondary N) is 1. The number of hydrogen-bond donors (Lipinski definition) is 1. The van der Waals surface area contributed by atoms with Gasteiger partial charge in [0.05, 0.1) is 11.4 Å². The fourth-order valence-corrected chi connectivity index (χ4v) is 4.21. The van der Waals surface area contributed by atoms with Crippen LogP contribution in [-0.2, 0) is 21.2 Å². The van der Waals surface area contributed by atoms with Crippen LogP contribution in [0.4, 0.5) is 5.69 Å². The smallest absolute Gasteiger partial charge is 0.244 e. The molecule has 3 aromatic rings. The van der Waals surface area contributed by atoms with Crippen LogP contribution in [-0.4, -0.2) is 32.7 Å². The van der Waals surface area contributed by atoms with E-state index < -0.39 is 10.0 Å². The molecule has 0 aliphatic rings. The summed E-state index contributed by atoms with van der Waals surface area (Å²) in [5, 5.41) is 2.84. The third-order valence-electron chi connectivity index (χ3n) is 4.40. The number of nitrogens with zero attached hydrogens (tertiary/aromatic N) is 1. The van der Waals surface area contributed by atoms with Crippen LogP contribution in [0.5, 0.6) is 0 Å². The summed E-state index contributed by atoms with van der Waals surface area (Å²) in [5.74, 6) is -0.243. The van der Waals surface area contributed by atoms with Crippen LogP contribution in [0, 0.1) is 0 Å². The van der Waals surface area contributed by atoms with E-state index in [9.17, 15) is 13.2 Å². The summed E-state index contributed by atoms with van der Waals surface area (Å²) < 4.78 is 25.8. The Kier molecular flexibility index (Phi) is 6.37. The van der Waals surface area contributed by atoms with E-state index in [0.717, 1.165) is 21.0 Å². The minimum absolute atomic E-state index is 0.0471. The Labute approximate surface area is 176 Å². The zero-order valence-electron chi connectivity index (χ0n) is 16.1. The summed E-state index contributed by atoms with van der Waals surface area (Å²) in [6, 6.07) is 22.2. The molecule has 0 bridgehead atoms. The van der Waals surface area contributed by atoms with E-state index in [2.05, 4.69) is 5.32 Å². The van der Waals surface area contributed by atoms with E-state index in [-0.39, 0.29) is 22.2 Å². The molecule has 0 unspecified atom stereocenters. The van der Waals surface area contributed by atoms with E-state index in [0.29, 0.717) is 5.69 Å². The number of sulfonamides is 1. The van der Waals surface area contributed by atoms with Gasteiger partial charge in [-0.05, 0) is 34.9 Å². The largest absolute Gasteiger partial charge is 0.326 e. The highest BCUT2D eigenvalue weighted by molar-refractivity contribution is 7.89. The average Bonchev–Trinajstić information content (AvgIpc) is 2.70. The minimum Gasteiger partial charge on any atom is -0.326 e. The third kappa shape index (κ3) is 5.03. The molecule has 0 saturated heterocycles. The Morgan fingerprint density at radius 3 is 2.17 bits per heavy atom. The van der Waals surface area contributed by atoms with Gasteiger partial charge in [0.15, 0.2) is 0 Å². The molecular weight excluding hydrogens is 408 g/mol. The Bertz CT molecular complexity index is 1110. The Hall–Kier alpha value is -2.67. The molecule has 150 valence electrons. The number of carbonyl (C=O) groups excluding carboxylic acids is 1. The highest BCUT2D eigenvalue weighted by Crippen LogP contribution is 2.27. The molecule has 0 heterocycles. The molecule has 7 heteroatoms. The van der Waals surface area contributed by atoms with E-state index in [1.807, 2.05) is 54.6 Å². The lowest BCUT2D eigenvalue weighted by Gasteiger charge is -2.14. The van der Waals surface area contributed by atoms with Gasteiger partial charge in [0.25, 0.3) is 0 Å². The first-order valence-corrected chi connectivity index (χ1v) is 10.8. The van der Waals surface area contributed by atoms with Crippen LogP contribution in [0.1, 0.15) is 5.56 Å². The first-order chi connectivity index (χ1) is 13.8. The predicted octanol–water partition coefficient (Wildman–Crippen LogP) is 4.44. The van der Waals surface area contributed by atoms with Crippen molar-refractivity contribution in [3.63, 3.8) is 0 Å². The number of amides is 1. The average molecular weight is 429 g/mol. The molecule has 0 aliphatic carbocycles. The molecule has 1 N–H and O–H groups in total. The predicted molar refractivity (Wildman–Crippen MR) is 117 cm³/mol. The molecule has 0 radical (unpaired) electrons. The van der Waals surface area contributed by atoms with Gasteiger partial charge in [-0.25, -0.2) is 12.7 Å². The van der Waals surface area contributed by atoms with Crippen molar-refractivity contribution in [2.75, 3.05) is 19.4 Å². The second-order valence-corrected chi connectivity index (χ2v) is 9.25. The van der Waals surface area contributed by atoms with Crippen LogP contribution in [0.2, 0.25) is 5.02 Å². The molecule has 0 saturated carbocycles. The monoisotopic (exact) mass is 428 g/mol. The van der Waals surface area contributed by atoms with Gasteiger partial charge in [-0.1, -0.05) is 66.2 Å². The first kappa shape index (κ1) is 21.0. The fourth-order valence-electron chi connectivity index (χ4n) is 2.81. The van der Waals surface area contributed by atoms with Gasteiger partial charge >= 0.3 is 0 Å². The second-order valence-electron chi connectivity index (χ2n) is 6.72. The number of halogens is 1. The van der Waals surface area contributed by atoms with Gasteiger partial charge in [-0.15, -0.1) is 0 Å². The van der Waals surface area contributed by atoms with Crippen molar-refractivity contribution in [2.24, 2.45) is 0 Å². The summed E-state index contributed by atoms with van der Waals surface area (Å²) in [6.45, 7) is 0. The molecule has 5 nitrogen and oxygen atoms in total.